The van der Waals surface area contributed by atoms with Gasteiger partial charge in [0.25, 0.3) is 5.56 Å². The maximum atomic E-state index is 12.3. The summed E-state index contributed by atoms with van der Waals surface area (Å²) >= 11 is 0. The number of nitrogens with zero attached hydrogens (tertiary/aromatic N) is 6. The fourth-order valence-electron chi connectivity index (χ4n) is 2.07. The number of aromatic nitrogens is 6. The lowest BCUT2D eigenvalue weighted by molar-refractivity contribution is 0.677. The van der Waals surface area contributed by atoms with E-state index >= 15 is 0 Å². The molecule has 0 fully saturated rings. The largest absolute Gasteiger partial charge is 0.292 e. The molecule has 0 radical (unpaired) electrons. The molecule has 0 aliphatic carbocycles. The molecule has 3 heterocycles. The van der Waals surface area contributed by atoms with Crippen LogP contribution in [0.15, 0.2) is 23.4 Å². The molecular weight excluding hydrogens is 244 g/mol. The van der Waals surface area contributed by atoms with Gasteiger partial charge in [-0.2, -0.15) is 10.2 Å². The minimum absolute atomic E-state index is 0.0959. The Labute approximate surface area is 109 Å². The van der Waals surface area contributed by atoms with Crippen LogP contribution >= 0.6 is 0 Å². The number of rotatable bonds is 2. The lowest BCUT2D eigenvalue weighted by Crippen LogP contribution is -2.21. The minimum atomic E-state index is -0.0959. The number of fused-ring (bicyclic) bond motifs is 1. The molecule has 3 aromatic heterocycles. The average molecular weight is 258 g/mol. The van der Waals surface area contributed by atoms with E-state index in [4.69, 9.17) is 0 Å². The van der Waals surface area contributed by atoms with E-state index in [-0.39, 0.29) is 5.56 Å². The monoisotopic (exact) mass is 258 g/mol. The Kier molecular flexibility index (Phi) is 2.48. The highest BCUT2D eigenvalue weighted by atomic mass is 16.1. The summed E-state index contributed by atoms with van der Waals surface area (Å²) in [6.45, 7) is 2.39. The normalized spacial score (nSPS) is 11.3. The molecule has 0 unspecified atom stereocenters. The first-order valence-electron chi connectivity index (χ1n) is 5.93. The Hall–Kier alpha value is -2.44. The molecular formula is C12H14N6O. The van der Waals surface area contributed by atoms with Crippen molar-refractivity contribution < 1.29 is 0 Å². The molecule has 0 saturated carbocycles. The van der Waals surface area contributed by atoms with Gasteiger partial charge in [-0.1, -0.05) is 0 Å². The van der Waals surface area contributed by atoms with E-state index < -0.39 is 0 Å². The second-order valence-corrected chi connectivity index (χ2v) is 4.58. The molecule has 0 amide bonds. The van der Waals surface area contributed by atoms with Crippen molar-refractivity contribution in [3.8, 4) is 0 Å². The fourth-order valence-corrected chi connectivity index (χ4v) is 2.07. The number of hydrogen-bond donors (Lipinski definition) is 0. The maximum Gasteiger partial charge on any atom is 0.264 e. The molecule has 0 saturated heterocycles. The smallest absolute Gasteiger partial charge is 0.264 e. The highest BCUT2D eigenvalue weighted by molar-refractivity contribution is 5.72. The summed E-state index contributed by atoms with van der Waals surface area (Å²) in [7, 11) is 3.64. The highest BCUT2D eigenvalue weighted by Crippen LogP contribution is 2.06. The van der Waals surface area contributed by atoms with Gasteiger partial charge in [-0.25, -0.2) is 4.98 Å². The van der Waals surface area contributed by atoms with Crippen LogP contribution in [0.3, 0.4) is 0 Å². The highest BCUT2D eigenvalue weighted by Gasteiger charge is 2.09. The third-order valence-electron chi connectivity index (χ3n) is 3.21. The molecule has 0 spiro atoms. The topological polar surface area (TPSA) is 70.5 Å². The first-order valence-corrected chi connectivity index (χ1v) is 5.93. The van der Waals surface area contributed by atoms with Crippen LogP contribution in [-0.2, 0) is 20.6 Å². The molecule has 7 heteroatoms. The van der Waals surface area contributed by atoms with E-state index in [1.807, 2.05) is 20.0 Å². The van der Waals surface area contributed by atoms with E-state index in [1.54, 1.807) is 27.2 Å². The summed E-state index contributed by atoms with van der Waals surface area (Å²) < 4.78 is 4.92. The van der Waals surface area contributed by atoms with Gasteiger partial charge in [-0.05, 0) is 13.0 Å². The van der Waals surface area contributed by atoms with Gasteiger partial charge >= 0.3 is 0 Å². The first kappa shape index (κ1) is 11.6. The second kappa shape index (κ2) is 4.04. The molecule has 0 aliphatic rings. The molecule has 0 aliphatic heterocycles. The number of hydrogen-bond acceptors (Lipinski definition) is 4. The van der Waals surface area contributed by atoms with Crippen LogP contribution in [-0.4, -0.2) is 29.1 Å². The number of aryl methyl sites for hydroxylation is 3. The lowest BCUT2D eigenvalue weighted by atomic mass is 10.3. The molecule has 0 bridgehead atoms. The standard InChI is InChI=1S/C12H14N6O/c1-8-4-9(15-16(8)2)6-18-7-13-11-10(12(18)19)5-14-17(11)3/h4-5,7H,6H2,1-3H3. The predicted molar refractivity (Wildman–Crippen MR) is 69.8 cm³/mol. The van der Waals surface area contributed by atoms with Crippen molar-refractivity contribution in [2.24, 2.45) is 14.1 Å². The quantitative estimate of drug-likeness (QED) is 0.659. The van der Waals surface area contributed by atoms with Crippen LogP contribution in [0, 0.1) is 6.92 Å². The summed E-state index contributed by atoms with van der Waals surface area (Å²) in [4.78, 5) is 16.5. The Morgan fingerprint density at radius 1 is 1.26 bits per heavy atom. The van der Waals surface area contributed by atoms with Crippen molar-refractivity contribution in [3.63, 3.8) is 0 Å². The van der Waals surface area contributed by atoms with Gasteiger partial charge in [0.05, 0.1) is 18.4 Å². The van der Waals surface area contributed by atoms with E-state index in [0.717, 1.165) is 11.4 Å². The molecule has 98 valence electrons. The molecule has 19 heavy (non-hydrogen) atoms. The van der Waals surface area contributed by atoms with E-state index in [9.17, 15) is 4.79 Å². The summed E-state index contributed by atoms with van der Waals surface area (Å²) in [5.41, 5.74) is 2.39. The molecule has 7 nitrogen and oxygen atoms in total. The van der Waals surface area contributed by atoms with Crippen LogP contribution < -0.4 is 5.56 Å². The van der Waals surface area contributed by atoms with Gasteiger partial charge in [0.1, 0.15) is 11.7 Å². The Balaban J connectivity index is 2.06. The third kappa shape index (κ3) is 1.83. The lowest BCUT2D eigenvalue weighted by Gasteiger charge is -2.02. The van der Waals surface area contributed by atoms with Crippen molar-refractivity contribution in [2.45, 2.75) is 13.5 Å². The summed E-state index contributed by atoms with van der Waals surface area (Å²) in [5.74, 6) is 0. The van der Waals surface area contributed by atoms with Crippen LogP contribution in [0.2, 0.25) is 0 Å². The zero-order valence-electron chi connectivity index (χ0n) is 11.0. The first-order chi connectivity index (χ1) is 9.06. The third-order valence-corrected chi connectivity index (χ3v) is 3.21. The van der Waals surface area contributed by atoms with Crippen molar-refractivity contribution in [2.75, 3.05) is 0 Å². The molecule has 3 rings (SSSR count). The predicted octanol–water partition coefficient (Wildman–Crippen LogP) is 0.220. The van der Waals surface area contributed by atoms with Crippen LogP contribution in [0.5, 0.6) is 0 Å². The van der Waals surface area contributed by atoms with Gasteiger partial charge in [0.15, 0.2) is 5.65 Å². The van der Waals surface area contributed by atoms with Crippen LogP contribution in [0.1, 0.15) is 11.4 Å². The van der Waals surface area contributed by atoms with Crippen molar-refractivity contribution >= 4 is 11.0 Å². The minimum Gasteiger partial charge on any atom is -0.292 e. The zero-order chi connectivity index (χ0) is 13.6. The Bertz CT molecular complexity index is 790. The van der Waals surface area contributed by atoms with Crippen molar-refractivity contribution in [1.82, 2.24) is 29.1 Å². The van der Waals surface area contributed by atoms with Gasteiger partial charge < -0.3 is 0 Å². The molecule has 0 atom stereocenters. The summed E-state index contributed by atoms with van der Waals surface area (Å²) in [6.07, 6.45) is 3.08. The van der Waals surface area contributed by atoms with Gasteiger partial charge in [-0.3, -0.25) is 18.7 Å². The van der Waals surface area contributed by atoms with Gasteiger partial charge in [0, 0.05) is 19.8 Å². The van der Waals surface area contributed by atoms with E-state index in [0.29, 0.717) is 17.6 Å². The van der Waals surface area contributed by atoms with E-state index in [1.165, 1.54) is 6.33 Å². The fraction of sp³-hybridized carbons (Fsp3) is 0.333. The van der Waals surface area contributed by atoms with Crippen LogP contribution in [0.25, 0.3) is 11.0 Å². The maximum absolute atomic E-state index is 12.3. The van der Waals surface area contributed by atoms with Crippen molar-refractivity contribution in [1.29, 1.82) is 0 Å². The molecule has 3 aromatic rings. The molecule has 0 aromatic carbocycles. The SMILES string of the molecule is Cc1cc(Cn2cnc3c(cnn3C)c2=O)nn1C. The van der Waals surface area contributed by atoms with E-state index in [2.05, 4.69) is 15.2 Å². The Morgan fingerprint density at radius 2 is 2.05 bits per heavy atom. The van der Waals surface area contributed by atoms with Crippen LogP contribution in [0.4, 0.5) is 0 Å². The summed E-state index contributed by atoms with van der Waals surface area (Å²) in [6, 6.07) is 1.96. The zero-order valence-corrected chi connectivity index (χ0v) is 11.0. The van der Waals surface area contributed by atoms with Gasteiger partial charge in [-0.15, -0.1) is 0 Å². The molecule has 0 N–H and O–H groups in total. The Morgan fingerprint density at radius 3 is 2.74 bits per heavy atom. The average Bonchev–Trinajstić information content (AvgIpc) is 2.88. The summed E-state index contributed by atoms with van der Waals surface area (Å²) in [5, 5.41) is 8.91. The second-order valence-electron chi connectivity index (χ2n) is 4.58. The van der Waals surface area contributed by atoms with Gasteiger partial charge in [0.2, 0.25) is 0 Å². The van der Waals surface area contributed by atoms with Crippen molar-refractivity contribution in [3.05, 3.63) is 40.3 Å².